The Morgan fingerprint density at radius 2 is 2.00 bits per heavy atom. The van der Waals surface area contributed by atoms with Crippen LogP contribution in [0.25, 0.3) is 11.2 Å². The molecule has 9 nitrogen and oxygen atoms in total. The van der Waals surface area contributed by atoms with Gasteiger partial charge < -0.3 is 30.2 Å². The van der Waals surface area contributed by atoms with Crippen LogP contribution in [0.4, 0.5) is 0 Å². The number of aromatic amines is 1. The monoisotopic (exact) mass is 284 g/mol. The molecule has 3 atom stereocenters. The lowest BCUT2D eigenvalue weighted by Crippen LogP contribution is -2.40. The highest BCUT2D eigenvalue weighted by molar-refractivity contribution is 5.71. The molecule has 0 saturated heterocycles. The number of aldehydes is 1. The molecule has 9 heteroatoms. The van der Waals surface area contributed by atoms with Gasteiger partial charge in [-0.05, 0) is 6.92 Å². The molecule has 0 amide bonds. The van der Waals surface area contributed by atoms with E-state index < -0.39 is 24.9 Å². The molecule has 0 aliphatic rings. The number of carbonyl (C=O) groups excluding carboxylic acids is 1. The molecule has 2 rings (SSSR count). The molecule has 0 radical (unpaired) electrons. The smallest absolute Gasteiger partial charge is 0.180 e. The molecule has 20 heavy (non-hydrogen) atoms. The van der Waals surface area contributed by atoms with Crippen molar-refractivity contribution in [2.24, 2.45) is 0 Å². The summed E-state index contributed by atoms with van der Waals surface area (Å²) in [5.74, 6) is 0. The maximum absolute atomic E-state index is 9.76. The zero-order valence-electron chi connectivity index (χ0n) is 10.7. The molecule has 110 valence electrons. The van der Waals surface area contributed by atoms with E-state index in [1.807, 2.05) is 6.92 Å². The standard InChI is InChI=1S/C6H6N4.C5H10O5/c1-4-5-6(9-2-7-4)10-3-8-5;6-1-3(8)5(10)4(9)2-7/h2-3H,1H3,(H,7,8,9,10);1,3-5,7-10H,2H2. The third-order valence-electron chi connectivity index (χ3n) is 2.48. The second-order valence-electron chi connectivity index (χ2n) is 3.93. The van der Waals surface area contributed by atoms with E-state index in [-0.39, 0.29) is 6.29 Å². The van der Waals surface area contributed by atoms with Gasteiger partial charge in [0.2, 0.25) is 0 Å². The number of aliphatic hydroxyl groups is 4. The maximum atomic E-state index is 9.76. The van der Waals surface area contributed by atoms with E-state index in [9.17, 15) is 4.79 Å². The number of carbonyl (C=O) groups is 1. The van der Waals surface area contributed by atoms with Gasteiger partial charge in [0.15, 0.2) is 11.9 Å². The molecule has 2 aromatic heterocycles. The van der Waals surface area contributed by atoms with E-state index in [4.69, 9.17) is 20.4 Å². The highest BCUT2D eigenvalue weighted by atomic mass is 16.4. The van der Waals surface area contributed by atoms with E-state index in [1.165, 1.54) is 6.33 Å². The lowest BCUT2D eigenvalue weighted by atomic mass is 10.1. The second kappa shape index (κ2) is 7.60. The summed E-state index contributed by atoms with van der Waals surface area (Å²) in [6.45, 7) is 1.23. The Kier molecular flexibility index (Phi) is 6.12. The summed E-state index contributed by atoms with van der Waals surface area (Å²) in [6, 6.07) is 0. The van der Waals surface area contributed by atoms with Crippen LogP contribution in [0.1, 0.15) is 5.69 Å². The fraction of sp³-hybridized carbons (Fsp3) is 0.455. The molecule has 2 heterocycles. The Balaban J connectivity index is 0.000000200. The first-order valence-corrected chi connectivity index (χ1v) is 5.72. The average molecular weight is 284 g/mol. The first kappa shape index (κ1) is 16.1. The first-order valence-electron chi connectivity index (χ1n) is 5.72. The maximum Gasteiger partial charge on any atom is 0.180 e. The van der Waals surface area contributed by atoms with E-state index in [0.29, 0.717) is 0 Å². The summed E-state index contributed by atoms with van der Waals surface area (Å²) < 4.78 is 0. The number of nitrogens with zero attached hydrogens (tertiary/aromatic N) is 3. The predicted molar refractivity (Wildman–Crippen MR) is 67.6 cm³/mol. The Morgan fingerprint density at radius 1 is 1.30 bits per heavy atom. The van der Waals surface area contributed by atoms with Crippen LogP contribution in [0, 0.1) is 6.92 Å². The van der Waals surface area contributed by atoms with Gasteiger partial charge in [-0.15, -0.1) is 0 Å². The number of aromatic nitrogens is 4. The van der Waals surface area contributed by atoms with Crippen LogP contribution in [-0.4, -0.2) is 71.6 Å². The zero-order chi connectivity index (χ0) is 15.1. The normalized spacial score (nSPS) is 15.1. The van der Waals surface area contributed by atoms with Crippen molar-refractivity contribution in [2.45, 2.75) is 25.2 Å². The van der Waals surface area contributed by atoms with Crippen molar-refractivity contribution in [3.63, 3.8) is 0 Å². The molecule has 0 aromatic carbocycles. The Hall–Kier alpha value is -1.94. The van der Waals surface area contributed by atoms with Crippen molar-refractivity contribution in [1.29, 1.82) is 0 Å². The SMILES string of the molecule is Cc1ncnc2nc[nH]c12.O=CC(O)C(O)C(O)CO. The molecule has 2 aromatic rings. The van der Waals surface area contributed by atoms with Gasteiger partial charge in [0.25, 0.3) is 0 Å². The van der Waals surface area contributed by atoms with Gasteiger partial charge >= 0.3 is 0 Å². The number of aliphatic hydroxyl groups excluding tert-OH is 4. The summed E-state index contributed by atoms with van der Waals surface area (Å²) in [6.07, 6.45) is -1.50. The molecule has 5 N–H and O–H groups in total. The number of imidazole rings is 1. The minimum Gasteiger partial charge on any atom is -0.394 e. The summed E-state index contributed by atoms with van der Waals surface area (Å²) in [5.41, 5.74) is 2.58. The average Bonchev–Trinajstić information content (AvgIpc) is 2.95. The number of nitrogens with one attached hydrogen (secondary N) is 1. The molecule has 0 bridgehead atoms. The van der Waals surface area contributed by atoms with Crippen LogP contribution in [0.3, 0.4) is 0 Å². The number of aryl methyl sites for hydroxylation is 1. The minimum atomic E-state index is -1.64. The van der Waals surface area contributed by atoms with E-state index in [0.717, 1.165) is 16.9 Å². The van der Waals surface area contributed by atoms with Crippen LogP contribution in [-0.2, 0) is 4.79 Å². The molecular formula is C11H16N4O5. The zero-order valence-corrected chi connectivity index (χ0v) is 10.7. The van der Waals surface area contributed by atoms with Crippen molar-refractivity contribution < 1.29 is 25.2 Å². The third kappa shape index (κ3) is 4.03. The first-order chi connectivity index (χ1) is 9.51. The highest BCUT2D eigenvalue weighted by Gasteiger charge is 2.22. The quantitative estimate of drug-likeness (QED) is 0.401. The minimum absolute atomic E-state index is 0.0869. The summed E-state index contributed by atoms with van der Waals surface area (Å²) in [5, 5.41) is 34.1. The van der Waals surface area contributed by atoms with Crippen LogP contribution in [0.2, 0.25) is 0 Å². The van der Waals surface area contributed by atoms with Gasteiger partial charge in [-0.3, -0.25) is 0 Å². The van der Waals surface area contributed by atoms with Crippen molar-refractivity contribution in [3.8, 4) is 0 Å². The van der Waals surface area contributed by atoms with E-state index in [1.54, 1.807) is 6.33 Å². The van der Waals surface area contributed by atoms with Crippen molar-refractivity contribution in [3.05, 3.63) is 18.3 Å². The van der Waals surface area contributed by atoms with Crippen LogP contribution in [0.5, 0.6) is 0 Å². The second-order valence-corrected chi connectivity index (χ2v) is 3.93. The van der Waals surface area contributed by atoms with Crippen molar-refractivity contribution in [2.75, 3.05) is 6.61 Å². The molecule has 0 spiro atoms. The van der Waals surface area contributed by atoms with Crippen molar-refractivity contribution in [1.82, 2.24) is 19.9 Å². The van der Waals surface area contributed by atoms with Gasteiger partial charge in [0.1, 0.15) is 30.2 Å². The number of H-pyrrole nitrogens is 1. The molecule has 0 fully saturated rings. The van der Waals surface area contributed by atoms with Gasteiger partial charge in [0.05, 0.1) is 18.6 Å². The van der Waals surface area contributed by atoms with Crippen LogP contribution in [0.15, 0.2) is 12.7 Å². The highest BCUT2D eigenvalue weighted by Crippen LogP contribution is 2.06. The lowest BCUT2D eigenvalue weighted by molar-refractivity contribution is -0.127. The Bertz CT molecular complexity index is 546. The van der Waals surface area contributed by atoms with E-state index in [2.05, 4.69) is 19.9 Å². The topological polar surface area (TPSA) is 152 Å². The fourth-order valence-electron chi connectivity index (χ4n) is 1.30. The van der Waals surface area contributed by atoms with Crippen LogP contribution < -0.4 is 0 Å². The van der Waals surface area contributed by atoms with Gasteiger partial charge in [-0.25, -0.2) is 15.0 Å². The lowest BCUT2D eigenvalue weighted by Gasteiger charge is -2.16. The fourth-order valence-corrected chi connectivity index (χ4v) is 1.30. The summed E-state index contributed by atoms with van der Waals surface area (Å²) in [4.78, 5) is 24.6. The number of hydrogen-bond acceptors (Lipinski definition) is 8. The summed E-state index contributed by atoms with van der Waals surface area (Å²) in [7, 11) is 0. The molecule has 3 unspecified atom stereocenters. The van der Waals surface area contributed by atoms with E-state index >= 15 is 0 Å². The van der Waals surface area contributed by atoms with Gasteiger partial charge in [-0.1, -0.05) is 0 Å². The molecule has 0 aliphatic carbocycles. The van der Waals surface area contributed by atoms with Gasteiger partial charge in [0, 0.05) is 0 Å². The molecule has 0 saturated carbocycles. The molecular weight excluding hydrogens is 268 g/mol. The Labute approximate surface area is 114 Å². The predicted octanol–water partition coefficient (Wildman–Crippen LogP) is -2.08. The third-order valence-corrected chi connectivity index (χ3v) is 2.48. The largest absolute Gasteiger partial charge is 0.394 e. The summed E-state index contributed by atoms with van der Waals surface area (Å²) >= 11 is 0. The number of hydrogen-bond donors (Lipinski definition) is 5. The van der Waals surface area contributed by atoms with Gasteiger partial charge in [-0.2, -0.15) is 0 Å². The number of fused-ring (bicyclic) bond motifs is 1. The van der Waals surface area contributed by atoms with Crippen molar-refractivity contribution >= 4 is 17.5 Å². The number of rotatable bonds is 4. The molecule has 0 aliphatic heterocycles. The van der Waals surface area contributed by atoms with Crippen LogP contribution >= 0.6 is 0 Å². The Morgan fingerprint density at radius 3 is 2.55 bits per heavy atom.